The zero-order valence-corrected chi connectivity index (χ0v) is 11.4. The largest absolute Gasteiger partial charge is 0.380 e. The van der Waals surface area contributed by atoms with Gasteiger partial charge in [-0.1, -0.05) is 70.0 Å². The predicted octanol–water partition coefficient (Wildman–Crippen LogP) is 3.97. The summed E-state index contributed by atoms with van der Waals surface area (Å²) in [6.45, 7) is 0. The van der Waals surface area contributed by atoms with E-state index < -0.39 is 5.60 Å². The zero-order valence-electron chi connectivity index (χ0n) is 9.11. The van der Waals surface area contributed by atoms with Gasteiger partial charge in [-0.2, -0.15) is 0 Å². The summed E-state index contributed by atoms with van der Waals surface area (Å²) in [7, 11) is 0. The van der Waals surface area contributed by atoms with Crippen LogP contribution in [0.15, 0.2) is 54.6 Å². The number of benzene rings is 2. The van der Waals surface area contributed by atoms with Crippen molar-refractivity contribution >= 4 is 27.5 Å². The molecule has 0 bridgehead atoms. The second-order valence-electron chi connectivity index (χ2n) is 3.87. The van der Waals surface area contributed by atoms with Crippen LogP contribution in [-0.2, 0) is 5.60 Å². The molecule has 1 N–H and O–H groups in total. The van der Waals surface area contributed by atoms with Crippen LogP contribution in [0.25, 0.3) is 0 Å². The van der Waals surface area contributed by atoms with Gasteiger partial charge in [-0.25, -0.2) is 0 Å². The normalized spacial score (nSPS) is 14.3. The van der Waals surface area contributed by atoms with Crippen molar-refractivity contribution in [1.82, 2.24) is 0 Å². The first-order valence-corrected chi connectivity index (χ1v) is 6.76. The van der Waals surface area contributed by atoms with Gasteiger partial charge in [-0.3, -0.25) is 0 Å². The summed E-state index contributed by atoms with van der Waals surface area (Å²) in [5, 5.41) is 11.8. The molecule has 1 atom stereocenters. The van der Waals surface area contributed by atoms with Crippen molar-refractivity contribution in [3.8, 4) is 0 Å². The van der Waals surface area contributed by atoms with Crippen LogP contribution >= 0.6 is 27.5 Å². The minimum atomic E-state index is -1.05. The molecule has 0 aromatic heterocycles. The maximum atomic E-state index is 10.8. The van der Waals surface area contributed by atoms with Crippen LogP contribution in [0.4, 0.5) is 0 Å². The van der Waals surface area contributed by atoms with Crippen LogP contribution in [-0.4, -0.2) is 10.4 Å². The molecule has 2 aromatic carbocycles. The molecule has 88 valence electrons. The number of hydrogen-bond acceptors (Lipinski definition) is 1. The molecular weight excluding hydrogens is 300 g/mol. The fraction of sp³-hybridized carbons (Fsp3) is 0.143. The molecule has 0 saturated heterocycles. The second kappa shape index (κ2) is 5.21. The number of alkyl halides is 1. The molecule has 0 heterocycles. The van der Waals surface area contributed by atoms with E-state index >= 15 is 0 Å². The third kappa shape index (κ3) is 2.54. The van der Waals surface area contributed by atoms with Gasteiger partial charge in [0.2, 0.25) is 0 Å². The molecule has 0 saturated carbocycles. The molecule has 0 amide bonds. The highest BCUT2D eigenvalue weighted by Gasteiger charge is 2.30. The Morgan fingerprint density at radius 3 is 2.24 bits per heavy atom. The first kappa shape index (κ1) is 12.6. The fourth-order valence-corrected chi connectivity index (χ4v) is 2.62. The Balaban J connectivity index is 2.52. The lowest BCUT2D eigenvalue weighted by molar-refractivity contribution is 0.109. The number of halogens is 2. The molecule has 17 heavy (non-hydrogen) atoms. The predicted molar refractivity (Wildman–Crippen MR) is 74.7 cm³/mol. The van der Waals surface area contributed by atoms with Gasteiger partial charge >= 0.3 is 0 Å². The third-order valence-electron chi connectivity index (χ3n) is 2.75. The smallest absolute Gasteiger partial charge is 0.124 e. The highest BCUT2D eigenvalue weighted by atomic mass is 79.9. The lowest BCUT2D eigenvalue weighted by Gasteiger charge is -2.27. The number of hydrogen-bond donors (Lipinski definition) is 1. The van der Waals surface area contributed by atoms with Crippen LogP contribution in [0.2, 0.25) is 5.02 Å². The van der Waals surface area contributed by atoms with Gasteiger partial charge in [0.15, 0.2) is 0 Å². The van der Waals surface area contributed by atoms with Crippen molar-refractivity contribution in [3.63, 3.8) is 0 Å². The first-order chi connectivity index (χ1) is 8.16. The van der Waals surface area contributed by atoms with Gasteiger partial charge in [0.1, 0.15) is 5.60 Å². The molecule has 1 unspecified atom stereocenters. The van der Waals surface area contributed by atoms with E-state index in [1.54, 1.807) is 12.1 Å². The third-order valence-corrected chi connectivity index (χ3v) is 3.79. The van der Waals surface area contributed by atoms with Crippen LogP contribution < -0.4 is 0 Å². The Bertz CT molecular complexity index is 501. The minimum absolute atomic E-state index is 0.421. The van der Waals surface area contributed by atoms with Crippen LogP contribution in [0.1, 0.15) is 11.1 Å². The van der Waals surface area contributed by atoms with Gasteiger partial charge in [0.25, 0.3) is 0 Å². The fourth-order valence-electron chi connectivity index (χ4n) is 1.78. The summed E-state index contributed by atoms with van der Waals surface area (Å²) in [6.07, 6.45) is 0. The van der Waals surface area contributed by atoms with Crippen molar-refractivity contribution in [1.29, 1.82) is 0 Å². The van der Waals surface area contributed by atoms with E-state index in [1.165, 1.54) is 0 Å². The van der Waals surface area contributed by atoms with E-state index in [-0.39, 0.29) is 0 Å². The van der Waals surface area contributed by atoms with Crippen LogP contribution in [0.5, 0.6) is 0 Å². The zero-order chi connectivity index (χ0) is 12.3. The minimum Gasteiger partial charge on any atom is -0.380 e. The molecule has 1 nitrogen and oxygen atoms in total. The number of aliphatic hydroxyl groups is 1. The van der Waals surface area contributed by atoms with Crippen LogP contribution in [0, 0.1) is 0 Å². The molecule has 0 fully saturated rings. The molecular formula is C14H12BrClO. The molecule has 0 aliphatic carbocycles. The van der Waals surface area contributed by atoms with Gasteiger partial charge in [0.05, 0.1) is 0 Å². The quantitative estimate of drug-likeness (QED) is 0.850. The van der Waals surface area contributed by atoms with E-state index in [2.05, 4.69) is 15.9 Å². The summed E-state index contributed by atoms with van der Waals surface area (Å²) in [5.74, 6) is 0. The average molecular weight is 312 g/mol. The lowest BCUT2D eigenvalue weighted by Crippen LogP contribution is -2.29. The Morgan fingerprint density at radius 2 is 1.65 bits per heavy atom. The van der Waals surface area contributed by atoms with Crippen molar-refractivity contribution < 1.29 is 5.11 Å². The van der Waals surface area contributed by atoms with Crippen molar-refractivity contribution in [2.24, 2.45) is 0 Å². The summed E-state index contributed by atoms with van der Waals surface area (Å²) in [6, 6.07) is 16.9. The van der Waals surface area contributed by atoms with Gasteiger partial charge in [-0.15, -0.1) is 0 Å². The Morgan fingerprint density at radius 1 is 1.00 bits per heavy atom. The maximum Gasteiger partial charge on any atom is 0.124 e. The Kier molecular flexibility index (Phi) is 3.87. The first-order valence-electron chi connectivity index (χ1n) is 5.27. The van der Waals surface area contributed by atoms with Crippen molar-refractivity contribution in [3.05, 3.63) is 70.7 Å². The van der Waals surface area contributed by atoms with Gasteiger partial charge < -0.3 is 5.11 Å². The van der Waals surface area contributed by atoms with Gasteiger partial charge in [0, 0.05) is 10.4 Å². The molecule has 0 aliphatic rings. The van der Waals surface area contributed by atoms with E-state index in [1.807, 2.05) is 42.5 Å². The highest BCUT2D eigenvalue weighted by molar-refractivity contribution is 9.09. The van der Waals surface area contributed by atoms with Crippen LogP contribution in [0.3, 0.4) is 0 Å². The van der Waals surface area contributed by atoms with E-state index in [9.17, 15) is 5.11 Å². The monoisotopic (exact) mass is 310 g/mol. The summed E-state index contributed by atoms with van der Waals surface area (Å²) in [5.41, 5.74) is 0.582. The molecule has 3 heteroatoms. The maximum absolute atomic E-state index is 10.8. The van der Waals surface area contributed by atoms with Crippen molar-refractivity contribution in [2.75, 3.05) is 5.33 Å². The lowest BCUT2D eigenvalue weighted by atomic mass is 9.88. The van der Waals surface area contributed by atoms with Gasteiger partial charge in [-0.05, 0) is 23.3 Å². The molecule has 2 aromatic rings. The summed E-state index contributed by atoms with van der Waals surface area (Å²) in [4.78, 5) is 0. The molecule has 0 radical (unpaired) electrons. The number of rotatable bonds is 3. The van der Waals surface area contributed by atoms with E-state index in [0.717, 1.165) is 11.1 Å². The topological polar surface area (TPSA) is 20.2 Å². The Labute approximate surface area is 114 Å². The summed E-state index contributed by atoms with van der Waals surface area (Å²) < 4.78 is 0. The SMILES string of the molecule is OC(CBr)(c1ccccc1)c1cccc(Cl)c1. The highest BCUT2D eigenvalue weighted by Crippen LogP contribution is 2.32. The van der Waals surface area contributed by atoms with E-state index in [4.69, 9.17) is 11.6 Å². The average Bonchev–Trinajstić information content (AvgIpc) is 2.39. The molecule has 0 spiro atoms. The van der Waals surface area contributed by atoms with Crippen molar-refractivity contribution in [2.45, 2.75) is 5.60 Å². The molecule has 2 rings (SSSR count). The van der Waals surface area contributed by atoms with E-state index in [0.29, 0.717) is 10.4 Å². The summed E-state index contributed by atoms with van der Waals surface area (Å²) >= 11 is 9.35. The Hall–Kier alpha value is -0.830. The second-order valence-corrected chi connectivity index (χ2v) is 4.87. The molecule has 0 aliphatic heterocycles. The standard InChI is InChI=1S/C14H12BrClO/c15-10-14(17,11-5-2-1-3-6-11)12-7-4-8-13(16)9-12/h1-9,17H,10H2.